The summed E-state index contributed by atoms with van der Waals surface area (Å²) < 4.78 is 0. The molecule has 0 saturated heterocycles. The van der Waals surface area contributed by atoms with Crippen molar-refractivity contribution in [1.82, 2.24) is 5.32 Å². The van der Waals surface area contributed by atoms with Gasteiger partial charge in [-0.2, -0.15) is 0 Å². The highest BCUT2D eigenvalue weighted by molar-refractivity contribution is 7.17. The van der Waals surface area contributed by atoms with E-state index in [1.54, 1.807) is 0 Å². The van der Waals surface area contributed by atoms with E-state index in [1.165, 1.54) is 34.5 Å². The topological polar surface area (TPSA) is 49.3 Å². The molecule has 1 aliphatic carbocycles. The Hall–Kier alpha value is -2.17. The maximum absolute atomic E-state index is 12.0. The Labute approximate surface area is 164 Å². The lowest BCUT2D eigenvalue weighted by molar-refractivity contribution is 0.0702. The Morgan fingerprint density at radius 2 is 2.00 bits per heavy atom. The van der Waals surface area contributed by atoms with Gasteiger partial charge in [0.1, 0.15) is 4.88 Å². The van der Waals surface area contributed by atoms with Crippen LogP contribution in [0.2, 0.25) is 0 Å². The number of aromatic carboxylic acids is 1. The smallest absolute Gasteiger partial charge is 0.346 e. The van der Waals surface area contributed by atoms with Crippen LogP contribution in [0, 0.1) is 5.92 Å². The molecule has 0 spiro atoms. The van der Waals surface area contributed by atoms with E-state index in [0.717, 1.165) is 54.3 Å². The van der Waals surface area contributed by atoms with Crippen molar-refractivity contribution in [2.75, 3.05) is 13.1 Å². The maximum Gasteiger partial charge on any atom is 0.346 e. The van der Waals surface area contributed by atoms with Crippen LogP contribution in [0.15, 0.2) is 53.6 Å². The summed E-state index contributed by atoms with van der Waals surface area (Å²) in [5, 5.41) is 13.3. The molecule has 0 amide bonds. The SMILES string of the molecule is CC1CC=C(C2=C(c3cc(-c4ccccc4)sc3C(=O)O)CCNC2)CC1. The molecule has 0 bridgehead atoms. The zero-order valence-electron chi connectivity index (χ0n) is 15.6. The van der Waals surface area contributed by atoms with Gasteiger partial charge in [0.15, 0.2) is 0 Å². The molecule has 1 aromatic carbocycles. The van der Waals surface area contributed by atoms with Gasteiger partial charge in [0.05, 0.1) is 0 Å². The minimum atomic E-state index is -0.825. The van der Waals surface area contributed by atoms with E-state index < -0.39 is 5.97 Å². The van der Waals surface area contributed by atoms with Crippen LogP contribution < -0.4 is 5.32 Å². The molecule has 2 aliphatic rings. The number of thiophene rings is 1. The molecule has 1 unspecified atom stereocenters. The number of nitrogens with one attached hydrogen (secondary N) is 1. The summed E-state index contributed by atoms with van der Waals surface area (Å²) in [7, 11) is 0. The first-order valence-electron chi connectivity index (χ1n) is 9.68. The molecule has 1 aromatic heterocycles. The number of rotatable bonds is 4. The Kier molecular flexibility index (Phi) is 5.28. The van der Waals surface area contributed by atoms with Gasteiger partial charge in [-0.1, -0.05) is 43.3 Å². The molecule has 2 N–H and O–H groups in total. The average molecular weight is 380 g/mol. The summed E-state index contributed by atoms with van der Waals surface area (Å²) in [5.74, 6) is -0.0800. The van der Waals surface area contributed by atoms with Crippen LogP contribution in [0.4, 0.5) is 0 Å². The van der Waals surface area contributed by atoms with Crippen LogP contribution >= 0.6 is 11.3 Å². The van der Waals surface area contributed by atoms with Crippen molar-refractivity contribution in [2.24, 2.45) is 5.92 Å². The van der Waals surface area contributed by atoms with E-state index in [-0.39, 0.29) is 0 Å². The maximum atomic E-state index is 12.0. The Morgan fingerprint density at radius 1 is 1.19 bits per heavy atom. The van der Waals surface area contributed by atoms with Gasteiger partial charge in [0.25, 0.3) is 0 Å². The third kappa shape index (κ3) is 3.78. The van der Waals surface area contributed by atoms with Gasteiger partial charge in [0, 0.05) is 17.0 Å². The molecular weight excluding hydrogens is 354 g/mol. The minimum Gasteiger partial charge on any atom is -0.477 e. The van der Waals surface area contributed by atoms with Crippen molar-refractivity contribution in [3.8, 4) is 10.4 Å². The molecule has 0 radical (unpaired) electrons. The molecular formula is C23H25NO2S. The predicted molar refractivity (Wildman–Crippen MR) is 112 cm³/mol. The van der Waals surface area contributed by atoms with Crippen molar-refractivity contribution in [2.45, 2.75) is 32.6 Å². The molecule has 27 heavy (non-hydrogen) atoms. The van der Waals surface area contributed by atoms with Gasteiger partial charge >= 0.3 is 5.97 Å². The zero-order valence-corrected chi connectivity index (χ0v) is 16.4. The lowest BCUT2D eigenvalue weighted by Gasteiger charge is -2.27. The van der Waals surface area contributed by atoms with E-state index in [1.807, 2.05) is 30.3 Å². The van der Waals surface area contributed by atoms with Crippen molar-refractivity contribution in [3.05, 3.63) is 64.1 Å². The highest BCUT2D eigenvalue weighted by Crippen LogP contribution is 2.40. The summed E-state index contributed by atoms with van der Waals surface area (Å²) in [6.07, 6.45) is 6.69. The Morgan fingerprint density at radius 3 is 2.70 bits per heavy atom. The first-order valence-corrected chi connectivity index (χ1v) is 10.5. The van der Waals surface area contributed by atoms with E-state index in [0.29, 0.717) is 4.88 Å². The largest absolute Gasteiger partial charge is 0.477 e. The minimum absolute atomic E-state index is 0.466. The molecule has 1 aliphatic heterocycles. The van der Waals surface area contributed by atoms with E-state index in [4.69, 9.17) is 0 Å². The van der Waals surface area contributed by atoms with Crippen LogP contribution in [0.5, 0.6) is 0 Å². The van der Waals surface area contributed by atoms with Gasteiger partial charge < -0.3 is 10.4 Å². The summed E-state index contributed by atoms with van der Waals surface area (Å²) in [6, 6.07) is 12.2. The standard InChI is InChI=1S/C23H25NO2S/c1-15-7-9-16(10-8-15)20-14-24-12-11-18(20)19-13-21(27-22(19)23(25)26)17-5-3-2-4-6-17/h2-6,9,13,15,24H,7-8,10-12,14H2,1H3,(H,25,26). The third-order valence-electron chi connectivity index (χ3n) is 5.59. The second kappa shape index (κ2) is 7.83. The first-order chi connectivity index (χ1) is 13.1. The van der Waals surface area contributed by atoms with Crippen molar-refractivity contribution in [1.29, 1.82) is 0 Å². The molecule has 3 nitrogen and oxygen atoms in total. The molecule has 2 aromatic rings. The fourth-order valence-corrected chi connectivity index (χ4v) is 5.08. The Balaban J connectivity index is 1.82. The Bertz CT molecular complexity index is 908. The number of benzene rings is 1. The van der Waals surface area contributed by atoms with Crippen molar-refractivity contribution < 1.29 is 9.90 Å². The fraction of sp³-hybridized carbons (Fsp3) is 0.348. The average Bonchev–Trinajstić information content (AvgIpc) is 3.15. The third-order valence-corrected chi connectivity index (χ3v) is 6.76. The molecule has 4 heteroatoms. The fourth-order valence-electron chi connectivity index (χ4n) is 4.05. The van der Waals surface area contributed by atoms with Crippen LogP contribution in [-0.4, -0.2) is 24.2 Å². The highest BCUT2D eigenvalue weighted by atomic mass is 32.1. The number of hydrogen-bond acceptors (Lipinski definition) is 3. The number of carbonyl (C=O) groups is 1. The van der Waals surface area contributed by atoms with Crippen LogP contribution in [-0.2, 0) is 0 Å². The van der Waals surface area contributed by atoms with E-state index in [2.05, 4.69) is 24.4 Å². The monoisotopic (exact) mass is 379 g/mol. The van der Waals surface area contributed by atoms with Gasteiger partial charge in [-0.05, 0) is 66.5 Å². The number of carboxylic acid groups (broad SMARTS) is 1. The lowest BCUT2D eigenvalue weighted by Crippen LogP contribution is -2.26. The van der Waals surface area contributed by atoms with E-state index >= 15 is 0 Å². The molecule has 0 saturated carbocycles. The summed E-state index contributed by atoms with van der Waals surface area (Å²) in [5.41, 5.74) is 5.97. The number of carboxylic acids is 1. The quantitative estimate of drug-likeness (QED) is 0.726. The van der Waals surface area contributed by atoms with E-state index in [9.17, 15) is 9.90 Å². The number of allylic oxidation sites excluding steroid dienone is 1. The number of hydrogen-bond donors (Lipinski definition) is 2. The van der Waals surface area contributed by atoms with Gasteiger partial charge in [-0.3, -0.25) is 0 Å². The summed E-state index contributed by atoms with van der Waals surface area (Å²) in [4.78, 5) is 13.5. The summed E-state index contributed by atoms with van der Waals surface area (Å²) >= 11 is 1.39. The van der Waals surface area contributed by atoms with Gasteiger partial charge in [0.2, 0.25) is 0 Å². The van der Waals surface area contributed by atoms with Crippen molar-refractivity contribution >= 4 is 22.9 Å². The van der Waals surface area contributed by atoms with Gasteiger partial charge in [-0.25, -0.2) is 4.79 Å². The molecule has 2 heterocycles. The highest BCUT2D eigenvalue weighted by Gasteiger charge is 2.25. The second-order valence-corrected chi connectivity index (χ2v) is 8.57. The molecule has 140 valence electrons. The van der Waals surface area contributed by atoms with Crippen LogP contribution in [0.25, 0.3) is 16.0 Å². The van der Waals surface area contributed by atoms with Crippen molar-refractivity contribution in [3.63, 3.8) is 0 Å². The zero-order chi connectivity index (χ0) is 18.8. The first kappa shape index (κ1) is 18.2. The van der Waals surface area contributed by atoms with Gasteiger partial charge in [-0.15, -0.1) is 11.3 Å². The normalized spacial score (nSPS) is 20.5. The molecule has 4 rings (SSSR count). The molecule has 1 atom stereocenters. The van der Waals surface area contributed by atoms with Crippen LogP contribution in [0.3, 0.4) is 0 Å². The molecule has 0 fully saturated rings. The summed E-state index contributed by atoms with van der Waals surface area (Å²) in [6.45, 7) is 4.04. The van der Waals surface area contributed by atoms with Crippen LogP contribution in [0.1, 0.15) is 47.8 Å². The lowest BCUT2D eigenvalue weighted by atomic mass is 9.82. The second-order valence-electron chi connectivity index (χ2n) is 7.52. The predicted octanol–water partition coefficient (Wildman–Crippen LogP) is 5.61.